The third kappa shape index (κ3) is 3.27. The smallest absolute Gasteiger partial charge is 0.159 e. The number of benzene rings is 1. The average Bonchev–Trinajstić information content (AvgIpc) is 2.34. The molecule has 4 heteroatoms. The predicted molar refractivity (Wildman–Crippen MR) is 66.1 cm³/mol. The molecule has 1 saturated carbocycles. The van der Waals surface area contributed by atoms with E-state index in [1.165, 1.54) is 12.1 Å². The van der Waals surface area contributed by atoms with Gasteiger partial charge in [-0.1, -0.05) is 6.07 Å². The van der Waals surface area contributed by atoms with Gasteiger partial charge in [0.15, 0.2) is 11.6 Å². The maximum absolute atomic E-state index is 13.1. The van der Waals surface area contributed by atoms with Crippen molar-refractivity contribution in [2.24, 2.45) is 0 Å². The molecule has 0 unspecified atom stereocenters. The van der Waals surface area contributed by atoms with Crippen molar-refractivity contribution in [3.63, 3.8) is 0 Å². The zero-order valence-corrected chi connectivity index (χ0v) is 10.6. The van der Waals surface area contributed by atoms with Gasteiger partial charge >= 0.3 is 0 Å². The molecule has 0 aromatic heterocycles. The summed E-state index contributed by atoms with van der Waals surface area (Å²) in [4.78, 5) is 2.15. The molecule has 0 bridgehead atoms. The molecule has 2 nitrogen and oxygen atoms in total. The quantitative estimate of drug-likeness (QED) is 0.897. The first kappa shape index (κ1) is 13.4. The van der Waals surface area contributed by atoms with E-state index in [1.54, 1.807) is 6.07 Å². The van der Waals surface area contributed by atoms with Crippen LogP contribution in [0.1, 0.15) is 31.2 Å². The molecule has 18 heavy (non-hydrogen) atoms. The van der Waals surface area contributed by atoms with Gasteiger partial charge in [-0.05, 0) is 50.4 Å². The van der Waals surface area contributed by atoms with Crippen LogP contribution in [0.3, 0.4) is 0 Å². The number of nitrogens with zero attached hydrogens (tertiary/aromatic N) is 1. The highest BCUT2D eigenvalue weighted by molar-refractivity contribution is 5.17. The number of halogens is 2. The van der Waals surface area contributed by atoms with Gasteiger partial charge in [0, 0.05) is 12.6 Å². The van der Waals surface area contributed by atoms with Gasteiger partial charge in [0.1, 0.15) is 0 Å². The van der Waals surface area contributed by atoms with Crippen LogP contribution in [0.15, 0.2) is 18.2 Å². The summed E-state index contributed by atoms with van der Waals surface area (Å²) in [5.41, 5.74) is 0.780. The van der Waals surface area contributed by atoms with E-state index in [-0.39, 0.29) is 6.10 Å². The fraction of sp³-hybridized carbons (Fsp3) is 0.571. The second kappa shape index (κ2) is 5.76. The lowest BCUT2D eigenvalue weighted by molar-refractivity contribution is 0.0817. The number of aliphatic hydroxyl groups is 1. The Morgan fingerprint density at radius 1 is 1.17 bits per heavy atom. The van der Waals surface area contributed by atoms with Crippen LogP contribution < -0.4 is 0 Å². The Balaban J connectivity index is 1.94. The van der Waals surface area contributed by atoms with Gasteiger partial charge in [0.2, 0.25) is 0 Å². The highest BCUT2D eigenvalue weighted by Gasteiger charge is 2.22. The van der Waals surface area contributed by atoms with Crippen molar-refractivity contribution in [3.05, 3.63) is 35.4 Å². The average molecular weight is 255 g/mol. The first-order chi connectivity index (χ1) is 8.56. The summed E-state index contributed by atoms with van der Waals surface area (Å²) >= 11 is 0. The summed E-state index contributed by atoms with van der Waals surface area (Å²) in [6.45, 7) is 0.609. The Morgan fingerprint density at radius 2 is 1.83 bits per heavy atom. The van der Waals surface area contributed by atoms with Crippen molar-refractivity contribution in [1.29, 1.82) is 0 Å². The molecule has 0 aliphatic heterocycles. The molecular formula is C14H19F2NO. The summed E-state index contributed by atoms with van der Waals surface area (Å²) in [5, 5.41) is 9.46. The summed E-state index contributed by atoms with van der Waals surface area (Å²) in [6.07, 6.45) is 3.40. The summed E-state index contributed by atoms with van der Waals surface area (Å²) in [6, 6.07) is 4.46. The Hall–Kier alpha value is -1.00. The Bertz CT molecular complexity index is 403. The molecule has 1 fully saturated rings. The molecule has 0 radical (unpaired) electrons. The zero-order chi connectivity index (χ0) is 13.1. The van der Waals surface area contributed by atoms with E-state index < -0.39 is 11.6 Å². The number of hydrogen-bond donors (Lipinski definition) is 1. The zero-order valence-electron chi connectivity index (χ0n) is 10.6. The predicted octanol–water partition coefficient (Wildman–Crippen LogP) is 2.70. The summed E-state index contributed by atoms with van der Waals surface area (Å²) in [5.74, 6) is -1.60. The minimum Gasteiger partial charge on any atom is -0.393 e. The molecule has 1 aromatic carbocycles. The third-order valence-corrected chi connectivity index (χ3v) is 3.71. The molecule has 1 aliphatic carbocycles. The minimum absolute atomic E-state index is 0.169. The van der Waals surface area contributed by atoms with Gasteiger partial charge < -0.3 is 5.11 Å². The first-order valence-electron chi connectivity index (χ1n) is 6.38. The van der Waals surface area contributed by atoms with E-state index in [2.05, 4.69) is 4.90 Å². The SMILES string of the molecule is CN(Cc1ccc(F)c(F)c1)C1CCC(O)CC1. The monoisotopic (exact) mass is 255 g/mol. The van der Waals surface area contributed by atoms with Crippen molar-refractivity contribution in [2.45, 2.75) is 44.4 Å². The van der Waals surface area contributed by atoms with E-state index in [0.29, 0.717) is 12.6 Å². The largest absolute Gasteiger partial charge is 0.393 e. The van der Waals surface area contributed by atoms with Crippen LogP contribution in [0.25, 0.3) is 0 Å². The molecule has 2 rings (SSSR count). The van der Waals surface area contributed by atoms with Crippen LogP contribution in [0, 0.1) is 11.6 Å². The Labute approximate surface area is 106 Å². The second-order valence-electron chi connectivity index (χ2n) is 5.13. The topological polar surface area (TPSA) is 23.5 Å². The third-order valence-electron chi connectivity index (χ3n) is 3.71. The van der Waals surface area contributed by atoms with Gasteiger partial charge in [-0.25, -0.2) is 8.78 Å². The number of hydrogen-bond acceptors (Lipinski definition) is 2. The van der Waals surface area contributed by atoms with Crippen molar-refractivity contribution in [2.75, 3.05) is 7.05 Å². The maximum Gasteiger partial charge on any atom is 0.159 e. The van der Waals surface area contributed by atoms with E-state index in [0.717, 1.165) is 31.2 Å². The van der Waals surface area contributed by atoms with Crippen LogP contribution in [-0.4, -0.2) is 29.2 Å². The van der Waals surface area contributed by atoms with E-state index in [9.17, 15) is 13.9 Å². The molecule has 0 spiro atoms. The van der Waals surface area contributed by atoms with Gasteiger partial charge in [-0.2, -0.15) is 0 Å². The lowest BCUT2D eigenvalue weighted by Gasteiger charge is -2.33. The van der Waals surface area contributed by atoms with E-state index >= 15 is 0 Å². The lowest BCUT2D eigenvalue weighted by Crippen LogP contribution is -2.35. The van der Waals surface area contributed by atoms with Crippen LogP contribution in [0.2, 0.25) is 0 Å². The van der Waals surface area contributed by atoms with Crippen LogP contribution in [0.5, 0.6) is 0 Å². The van der Waals surface area contributed by atoms with Crippen molar-refractivity contribution in [3.8, 4) is 0 Å². The van der Waals surface area contributed by atoms with Crippen molar-refractivity contribution in [1.82, 2.24) is 4.90 Å². The van der Waals surface area contributed by atoms with Crippen LogP contribution >= 0.6 is 0 Å². The van der Waals surface area contributed by atoms with Crippen LogP contribution in [0.4, 0.5) is 8.78 Å². The normalized spacial score (nSPS) is 24.5. The highest BCUT2D eigenvalue weighted by atomic mass is 19.2. The number of aliphatic hydroxyl groups excluding tert-OH is 1. The molecular weight excluding hydrogens is 236 g/mol. The summed E-state index contributed by atoms with van der Waals surface area (Å²) < 4.78 is 25.9. The fourth-order valence-corrected chi connectivity index (χ4v) is 2.55. The minimum atomic E-state index is -0.804. The van der Waals surface area contributed by atoms with Gasteiger partial charge in [-0.15, -0.1) is 0 Å². The van der Waals surface area contributed by atoms with Crippen LogP contribution in [-0.2, 0) is 6.54 Å². The first-order valence-corrected chi connectivity index (χ1v) is 6.38. The van der Waals surface area contributed by atoms with E-state index in [1.807, 2.05) is 7.05 Å². The molecule has 1 aromatic rings. The molecule has 0 atom stereocenters. The highest BCUT2D eigenvalue weighted by Crippen LogP contribution is 2.23. The van der Waals surface area contributed by atoms with Gasteiger partial charge in [-0.3, -0.25) is 4.90 Å². The standard InChI is InChI=1S/C14H19F2NO/c1-17(11-3-5-12(18)6-4-11)9-10-2-7-13(15)14(16)8-10/h2,7-8,11-12,18H,3-6,9H2,1H3. The lowest BCUT2D eigenvalue weighted by atomic mass is 9.92. The molecule has 1 aliphatic rings. The number of rotatable bonds is 3. The van der Waals surface area contributed by atoms with Gasteiger partial charge in [0.25, 0.3) is 0 Å². The van der Waals surface area contributed by atoms with Gasteiger partial charge in [0.05, 0.1) is 6.10 Å². The molecule has 0 saturated heterocycles. The molecule has 0 heterocycles. The summed E-state index contributed by atoms with van der Waals surface area (Å²) in [7, 11) is 1.99. The Kier molecular flexibility index (Phi) is 4.30. The van der Waals surface area contributed by atoms with Crippen molar-refractivity contribution < 1.29 is 13.9 Å². The van der Waals surface area contributed by atoms with E-state index in [4.69, 9.17) is 0 Å². The second-order valence-corrected chi connectivity index (χ2v) is 5.13. The Morgan fingerprint density at radius 3 is 2.44 bits per heavy atom. The van der Waals surface area contributed by atoms with Crippen molar-refractivity contribution >= 4 is 0 Å². The fourth-order valence-electron chi connectivity index (χ4n) is 2.55. The molecule has 0 amide bonds. The maximum atomic E-state index is 13.1. The molecule has 1 N–H and O–H groups in total. The molecule has 100 valence electrons.